The van der Waals surface area contributed by atoms with Crippen molar-refractivity contribution in [2.75, 3.05) is 19.3 Å². The number of halogens is 8. The van der Waals surface area contributed by atoms with E-state index in [1.807, 2.05) is 5.09 Å². The average molecular weight is 587 g/mol. The van der Waals surface area contributed by atoms with E-state index < -0.39 is 53.8 Å². The van der Waals surface area contributed by atoms with E-state index in [-0.39, 0.29) is 33.2 Å². The number of hydrogen-bond donors (Lipinski definition) is 1. The molecule has 13 heteroatoms. The van der Waals surface area contributed by atoms with Gasteiger partial charge in [-0.25, -0.2) is 22.0 Å². The highest BCUT2D eigenvalue weighted by atomic mass is 31.2. The van der Waals surface area contributed by atoms with E-state index in [4.69, 9.17) is 9.47 Å². The van der Waals surface area contributed by atoms with Gasteiger partial charge in [0.05, 0.1) is 19.8 Å². The summed E-state index contributed by atoms with van der Waals surface area (Å²) in [6, 6.07) is 12.9. The molecule has 0 aliphatic heterocycles. The zero-order valence-corrected chi connectivity index (χ0v) is 21.4. The molecule has 0 radical (unpaired) electrons. The van der Waals surface area contributed by atoms with Crippen LogP contribution in [-0.4, -0.2) is 14.2 Å². The second-order valence-electron chi connectivity index (χ2n) is 8.33. The molecule has 4 nitrogen and oxygen atoms in total. The Morgan fingerprint density at radius 1 is 0.700 bits per heavy atom. The third-order valence-corrected chi connectivity index (χ3v) is 8.53. The zero-order chi connectivity index (χ0) is 29.4. The van der Waals surface area contributed by atoms with Crippen LogP contribution < -0.4 is 25.2 Å². The Morgan fingerprint density at radius 3 is 1.88 bits per heavy atom. The molecule has 1 unspecified atom stereocenters. The van der Waals surface area contributed by atoms with Crippen molar-refractivity contribution in [1.82, 2.24) is 0 Å². The molecule has 0 spiro atoms. The monoisotopic (exact) mass is 587 g/mol. The quantitative estimate of drug-likeness (QED) is 0.106. The number of anilines is 1. The Hall–Kier alpha value is -4.05. The van der Waals surface area contributed by atoms with Gasteiger partial charge in [-0.2, -0.15) is 13.2 Å². The Morgan fingerprint density at radius 2 is 1.27 bits per heavy atom. The molecule has 0 heterocycles. The van der Waals surface area contributed by atoms with Gasteiger partial charge in [0.25, 0.3) is 0 Å². The highest BCUT2D eigenvalue weighted by molar-refractivity contribution is 7.80. The Labute approximate surface area is 222 Å². The van der Waals surface area contributed by atoms with Crippen LogP contribution in [0.1, 0.15) is 5.56 Å². The summed E-state index contributed by atoms with van der Waals surface area (Å²) in [6.45, 7) is 0. The van der Waals surface area contributed by atoms with Gasteiger partial charge in [0.2, 0.25) is 13.1 Å². The van der Waals surface area contributed by atoms with Gasteiger partial charge in [-0.05, 0) is 59.7 Å². The van der Waals surface area contributed by atoms with Crippen LogP contribution in [0.25, 0.3) is 11.1 Å². The first-order valence-electron chi connectivity index (χ1n) is 11.2. The first-order valence-corrected chi connectivity index (χ1v) is 12.9. The molecule has 1 atom stereocenters. The molecule has 40 heavy (non-hydrogen) atoms. The lowest BCUT2D eigenvalue weighted by Crippen LogP contribution is -2.25. The molecule has 0 fully saturated rings. The molecule has 0 bridgehead atoms. The van der Waals surface area contributed by atoms with Crippen molar-refractivity contribution in [2.45, 2.75) is 6.18 Å². The average Bonchev–Trinajstić information content (AvgIpc) is 2.96. The Bertz CT molecular complexity index is 1610. The number of benzene rings is 4. The minimum Gasteiger partial charge on any atom is -0.497 e. The molecule has 0 aliphatic carbocycles. The molecule has 4 aromatic rings. The molecule has 0 aromatic heterocycles. The van der Waals surface area contributed by atoms with Crippen molar-refractivity contribution in [3.8, 4) is 22.6 Å². The maximum Gasteiger partial charge on any atom is 0.416 e. The third-order valence-electron chi connectivity index (χ3n) is 5.94. The summed E-state index contributed by atoms with van der Waals surface area (Å²) in [4.78, 5) is 0. The number of rotatable bonds is 7. The standard InChI is InChI=1S/C27H18F8NO3P/c1-38-16-7-4-8-18(12-16)40(37,36-26-24(31)22(29)21(28)23(30)25(26)32)20-13-17(39-2)9-10-19(20)14-5-3-6-15(11-14)27(33,34)35/h3-13H,1-2H3,(H,36,37). The highest BCUT2D eigenvalue weighted by Gasteiger charge is 2.37. The third kappa shape index (κ3) is 5.23. The van der Waals surface area contributed by atoms with E-state index in [0.717, 1.165) is 24.3 Å². The van der Waals surface area contributed by atoms with E-state index in [0.29, 0.717) is 0 Å². The minimum atomic E-state index is -4.74. The molecule has 0 amide bonds. The number of methoxy groups -OCH3 is 2. The Balaban J connectivity index is 2.08. The van der Waals surface area contributed by atoms with Crippen molar-refractivity contribution in [3.63, 3.8) is 0 Å². The molecule has 4 rings (SSSR count). The van der Waals surface area contributed by atoms with Crippen molar-refractivity contribution >= 4 is 23.6 Å². The SMILES string of the molecule is COc1cccc(P(=O)(Nc2c(F)c(F)c(F)c(F)c2F)c2cc(OC)ccc2-c2cccc(C(F)(F)F)c2)c1. The molecular formula is C27H18F8NO3P. The summed E-state index contributed by atoms with van der Waals surface area (Å²) in [5.41, 5.74) is -2.85. The topological polar surface area (TPSA) is 47.6 Å². The van der Waals surface area contributed by atoms with Crippen LogP contribution in [0.5, 0.6) is 11.5 Å². The van der Waals surface area contributed by atoms with Gasteiger partial charge in [-0.3, -0.25) is 4.57 Å². The van der Waals surface area contributed by atoms with Crippen LogP contribution in [0, 0.1) is 29.1 Å². The fourth-order valence-electron chi connectivity index (χ4n) is 3.94. The maximum absolute atomic E-state index is 14.9. The predicted octanol–water partition coefficient (Wildman–Crippen LogP) is 7.43. The zero-order valence-electron chi connectivity index (χ0n) is 20.5. The van der Waals surface area contributed by atoms with Gasteiger partial charge in [0, 0.05) is 10.6 Å². The molecule has 4 aromatic carbocycles. The van der Waals surface area contributed by atoms with Crippen LogP contribution in [0.15, 0.2) is 66.7 Å². The summed E-state index contributed by atoms with van der Waals surface area (Å²) in [5.74, 6) is -11.4. The first-order chi connectivity index (χ1) is 18.8. The lowest BCUT2D eigenvalue weighted by atomic mass is 10.0. The van der Waals surface area contributed by atoms with Crippen LogP contribution in [0.3, 0.4) is 0 Å². The number of ether oxygens (including phenoxy) is 2. The number of hydrogen-bond acceptors (Lipinski definition) is 3. The van der Waals surface area contributed by atoms with Crippen molar-refractivity contribution in [3.05, 3.63) is 101 Å². The minimum absolute atomic E-state index is 0.0352. The van der Waals surface area contributed by atoms with Gasteiger partial charge < -0.3 is 14.6 Å². The van der Waals surface area contributed by atoms with Gasteiger partial charge in [-0.1, -0.05) is 18.2 Å². The van der Waals surface area contributed by atoms with Gasteiger partial charge >= 0.3 is 6.18 Å². The van der Waals surface area contributed by atoms with Crippen LogP contribution in [-0.2, 0) is 10.7 Å². The summed E-state index contributed by atoms with van der Waals surface area (Å²) < 4.78 is 137. The highest BCUT2D eigenvalue weighted by Crippen LogP contribution is 2.49. The summed E-state index contributed by atoms with van der Waals surface area (Å²) in [7, 11) is -2.22. The first kappa shape index (κ1) is 28.9. The summed E-state index contributed by atoms with van der Waals surface area (Å²) >= 11 is 0. The van der Waals surface area contributed by atoms with Gasteiger partial charge in [-0.15, -0.1) is 0 Å². The van der Waals surface area contributed by atoms with Crippen molar-refractivity contribution < 1.29 is 49.2 Å². The van der Waals surface area contributed by atoms with E-state index in [1.54, 1.807) is 0 Å². The number of nitrogens with one attached hydrogen (secondary N) is 1. The summed E-state index contributed by atoms with van der Waals surface area (Å²) in [6.07, 6.45) is -4.74. The maximum atomic E-state index is 14.9. The van der Waals surface area contributed by atoms with Crippen molar-refractivity contribution in [1.29, 1.82) is 0 Å². The molecule has 1 N–H and O–H groups in total. The Kier molecular flexibility index (Phi) is 7.85. The molecule has 210 valence electrons. The fraction of sp³-hybridized carbons (Fsp3) is 0.111. The van der Waals surface area contributed by atoms with E-state index in [9.17, 15) is 39.7 Å². The lowest BCUT2D eigenvalue weighted by molar-refractivity contribution is -0.137. The smallest absolute Gasteiger partial charge is 0.416 e. The van der Waals surface area contributed by atoms with Crippen LogP contribution in [0.4, 0.5) is 40.8 Å². The second kappa shape index (κ2) is 10.8. The molecular weight excluding hydrogens is 569 g/mol. The lowest BCUT2D eigenvalue weighted by Gasteiger charge is -2.26. The molecule has 0 saturated heterocycles. The largest absolute Gasteiger partial charge is 0.497 e. The molecule has 0 saturated carbocycles. The normalized spacial score (nSPS) is 13.1. The second-order valence-corrected chi connectivity index (χ2v) is 10.8. The van der Waals surface area contributed by atoms with Crippen molar-refractivity contribution in [2.24, 2.45) is 0 Å². The number of alkyl halides is 3. The van der Waals surface area contributed by atoms with E-state index in [2.05, 4.69) is 0 Å². The fourth-order valence-corrected chi connectivity index (χ4v) is 6.43. The van der Waals surface area contributed by atoms with Crippen LogP contribution >= 0.6 is 7.29 Å². The predicted molar refractivity (Wildman–Crippen MR) is 133 cm³/mol. The van der Waals surface area contributed by atoms with Gasteiger partial charge in [0.1, 0.15) is 17.2 Å². The van der Waals surface area contributed by atoms with Gasteiger partial charge in [0.15, 0.2) is 23.3 Å². The summed E-state index contributed by atoms with van der Waals surface area (Å²) in [5, 5.41) is 1.45. The molecule has 0 aliphatic rings. The van der Waals surface area contributed by atoms with E-state index in [1.165, 1.54) is 56.7 Å². The van der Waals surface area contributed by atoms with Crippen LogP contribution in [0.2, 0.25) is 0 Å². The van der Waals surface area contributed by atoms with E-state index >= 15 is 0 Å².